The lowest BCUT2D eigenvalue weighted by atomic mass is 10.2. The molecule has 0 atom stereocenters. The van der Waals surface area contributed by atoms with Gasteiger partial charge in [0.05, 0.1) is 24.6 Å². The van der Waals surface area contributed by atoms with E-state index in [4.69, 9.17) is 4.74 Å². The van der Waals surface area contributed by atoms with Crippen molar-refractivity contribution in [2.45, 2.75) is 23.3 Å². The summed E-state index contributed by atoms with van der Waals surface area (Å²) in [4.78, 5) is 13.1. The van der Waals surface area contributed by atoms with Gasteiger partial charge in [0.25, 0.3) is 0 Å². The average molecular weight is 421 g/mol. The van der Waals surface area contributed by atoms with E-state index in [9.17, 15) is 18.3 Å². The normalized spacial score (nSPS) is 11.5. The first-order chi connectivity index (χ1) is 13.2. The highest BCUT2D eigenvalue weighted by Gasteiger charge is 2.20. The highest BCUT2D eigenvalue weighted by molar-refractivity contribution is 7.99. The number of carbonyl (C=O) groups is 1. The SMILES string of the molecule is COc1cccc(Sc2c(C)n(CC(=O)O)c3cccc(NS(C)(=O)=O)c23)c1. The molecule has 0 aliphatic heterocycles. The van der Waals surface area contributed by atoms with Crippen LogP contribution < -0.4 is 9.46 Å². The van der Waals surface area contributed by atoms with E-state index >= 15 is 0 Å². The number of carboxylic acid groups (broad SMARTS) is 1. The zero-order valence-corrected chi connectivity index (χ0v) is 17.2. The molecular formula is C19H20N2O5S2. The topological polar surface area (TPSA) is 97.6 Å². The Bertz CT molecular complexity index is 1150. The molecule has 2 aromatic carbocycles. The molecule has 0 saturated carbocycles. The van der Waals surface area contributed by atoms with Crippen molar-refractivity contribution in [3.05, 3.63) is 48.2 Å². The van der Waals surface area contributed by atoms with Crippen molar-refractivity contribution in [3.63, 3.8) is 0 Å². The number of nitrogens with zero attached hydrogens (tertiary/aromatic N) is 1. The number of hydrogen-bond donors (Lipinski definition) is 2. The van der Waals surface area contributed by atoms with Crippen LogP contribution in [0, 0.1) is 6.92 Å². The van der Waals surface area contributed by atoms with Crippen molar-refractivity contribution in [2.75, 3.05) is 18.1 Å². The van der Waals surface area contributed by atoms with Crippen LogP contribution in [0.5, 0.6) is 5.75 Å². The van der Waals surface area contributed by atoms with Crippen LogP contribution in [0.1, 0.15) is 5.69 Å². The second-order valence-corrected chi connectivity index (χ2v) is 9.08. The quantitative estimate of drug-likeness (QED) is 0.606. The summed E-state index contributed by atoms with van der Waals surface area (Å²) in [6.07, 6.45) is 1.09. The number of aromatic nitrogens is 1. The number of aliphatic carboxylic acids is 1. The molecule has 0 unspecified atom stereocenters. The number of anilines is 1. The van der Waals surface area contributed by atoms with Gasteiger partial charge >= 0.3 is 5.97 Å². The zero-order chi connectivity index (χ0) is 20.5. The van der Waals surface area contributed by atoms with Crippen molar-refractivity contribution in [1.29, 1.82) is 0 Å². The molecule has 9 heteroatoms. The molecular weight excluding hydrogens is 400 g/mol. The first-order valence-corrected chi connectivity index (χ1v) is 11.0. The van der Waals surface area contributed by atoms with Crippen LogP contribution in [0.25, 0.3) is 10.9 Å². The molecule has 0 radical (unpaired) electrons. The van der Waals surface area contributed by atoms with Gasteiger partial charge in [0, 0.05) is 20.9 Å². The number of ether oxygens (including phenoxy) is 1. The van der Waals surface area contributed by atoms with E-state index in [2.05, 4.69) is 4.72 Å². The number of nitrogens with one attached hydrogen (secondary N) is 1. The summed E-state index contributed by atoms with van der Waals surface area (Å²) in [5.74, 6) is -0.272. The minimum atomic E-state index is -3.50. The summed E-state index contributed by atoms with van der Waals surface area (Å²) >= 11 is 1.43. The molecule has 3 rings (SSSR count). The molecule has 0 aliphatic carbocycles. The molecule has 0 spiro atoms. The van der Waals surface area contributed by atoms with Gasteiger partial charge in [0.15, 0.2) is 0 Å². The van der Waals surface area contributed by atoms with Crippen LogP contribution in [-0.4, -0.2) is 37.4 Å². The van der Waals surface area contributed by atoms with Gasteiger partial charge in [-0.25, -0.2) is 8.42 Å². The number of hydrogen-bond acceptors (Lipinski definition) is 5. The molecule has 148 valence electrons. The number of benzene rings is 2. The predicted molar refractivity (Wildman–Crippen MR) is 110 cm³/mol. The fraction of sp³-hybridized carbons (Fsp3) is 0.211. The second kappa shape index (κ2) is 7.76. The second-order valence-electron chi connectivity index (χ2n) is 6.25. The van der Waals surface area contributed by atoms with Gasteiger partial charge in [0.1, 0.15) is 12.3 Å². The Morgan fingerprint density at radius 1 is 1.25 bits per heavy atom. The van der Waals surface area contributed by atoms with Gasteiger partial charge < -0.3 is 14.4 Å². The Labute approximate surface area is 167 Å². The minimum Gasteiger partial charge on any atom is -0.497 e. The van der Waals surface area contributed by atoms with Gasteiger partial charge in [-0.15, -0.1) is 0 Å². The van der Waals surface area contributed by atoms with Crippen molar-refractivity contribution in [2.24, 2.45) is 0 Å². The zero-order valence-electron chi connectivity index (χ0n) is 15.6. The Morgan fingerprint density at radius 2 is 1.96 bits per heavy atom. The number of rotatable bonds is 7. The Morgan fingerprint density at radius 3 is 2.61 bits per heavy atom. The Kier molecular flexibility index (Phi) is 5.57. The fourth-order valence-electron chi connectivity index (χ4n) is 3.02. The molecule has 0 saturated heterocycles. The van der Waals surface area contributed by atoms with E-state index < -0.39 is 16.0 Å². The largest absolute Gasteiger partial charge is 0.497 e. The molecule has 0 fully saturated rings. The van der Waals surface area contributed by atoms with Crippen LogP contribution in [0.3, 0.4) is 0 Å². The smallest absolute Gasteiger partial charge is 0.323 e. The van der Waals surface area contributed by atoms with Gasteiger partial charge in [-0.1, -0.05) is 23.9 Å². The summed E-state index contributed by atoms with van der Waals surface area (Å²) in [5.41, 5.74) is 1.81. The van der Waals surface area contributed by atoms with Crippen LogP contribution in [-0.2, 0) is 21.4 Å². The van der Waals surface area contributed by atoms with Crippen LogP contribution in [0.2, 0.25) is 0 Å². The summed E-state index contributed by atoms with van der Waals surface area (Å²) in [5, 5.41) is 9.98. The van der Waals surface area contributed by atoms with Crippen LogP contribution in [0.4, 0.5) is 5.69 Å². The maximum absolute atomic E-state index is 11.8. The molecule has 0 bridgehead atoms. The lowest BCUT2D eigenvalue weighted by Crippen LogP contribution is -2.10. The third kappa shape index (κ3) is 4.26. The number of sulfonamides is 1. The first-order valence-electron chi connectivity index (χ1n) is 8.33. The van der Waals surface area contributed by atoms with E-state index in [0.717, 1.165) is 21.7 Å². The van der Waals surface area contributed by atoms with Gasteiger partial charge in [-0.3, -0.25) is 9.52 Å². The predicted octanol–water partition coefficient (Wildman–Crippen LogP) is 3.57. The van der Waals surface area contributed by atoms with Crippen LogP contribution >= 0.6 is 11.8 Å². The molecule has 0 aliphatic rings. The van der Waals surface area contributed by atoms with Gasteiger partial charge in [-0.05, 0) is 37.3 Å². The molecule has 1 aromatic heterocycles. The number of fused-ring (bicyclic) bond motifs is 1. The monoisotopic (exact) mass is 420 g/mol. The molecule has 3 aromatic rings. The van der Waals surface area contributed by atoms with E-state index in [1.54, 1.807) is 29.9 Å². The summed E-state index contributed by atoms with van der Waals surface area (Å²) in [6, 6.07) is 12.6. The highest BCUT2D eigenvalue weighted by Crippen LogP contribution is 2.42. The first kappa shape index (κ1) is 20.1. The number of carboxylic acids is 1. The maximum Gasteiger partial charge on any atom is 0.323 e. The number of methoxy groups -OCH3 is 1. The maximum atomic E-state index is 11.8. The summed E-state index contributed by atoms with van der Waals surface area (Å²) in [7, 11) is -1.92. The third-order valence-electron chi connectivity index (χ3n) is 4.14. The minimum absolute atomic E-state index is 0.219. The Hall–Kier alpha value is -2.65. The summed E-state index contributed by atoms with van der Waals surface area (Å²) in [6.45, 7) is 1.61. The lowest BCUT2D eigenvalue weighted by molar-refractivity contribution is -0.137. The van der Waals surface area contributed by atoms with Crippen molar-refractivity contribution >= 4 is 44.3 Å². The molecule has 0 amide bonds. The fourth-order valence-corrected chi connectivity index (χ4v) is 4.72. The van der Waals surface area contributed by atoms with Gasteiger partial charge in [0.2, 0.25) is 10.0 Å². The Balaban J connectivity index is 2.23. The average Bonchev–Trinajstić information content (AvgIpc) is 2.87. The van der Waals surface area contributed by atoms with Crippen molar-refractivity contribution in [1.82, 2.24) is 4.57 Å². The van der Waals surface area contributed by atoms with E-state index in [-0.39, 0.29) is 6.54 Å². The highest BCUT2D eigenvalue weighted by atomic mass is 32.2. The molecule has 7 nitrogen and oxygen atoms in total. The van der Waals surface area contributed by atoms with E-state index in [1.807, 2.05) is 31.2 Å². The standard InChI is InChI=1S/C19H20N2O5S2/c1-12-19(27-14-7-4-6-13(10-14)26-2)18-15(20-28(3,24)25)8-5-9-16(18)21(12)11-17(22)23/h4-10,20H,11H2,1-3H3,(H,22,23). The van der Waals surface area contributed by atoms with E-state index in [1.165, 1.54) is 11.8 Å². The molecule has 1 heterocycles. The molecule has 28 heavy (non-hydrogen) atoms. The lowest BCUT2D eigenvalue weighted by Gasteiger charge is -2.09. The molecule has 2 N–H and O–H groups in total. The van der Waals surface area contributed by atoms with E-state index in [0.29, 0.717) is 22.3 Å². The summed E-state index contributed by atoms with van der Waals surface area (Å²) < 4.78 is 33.1. The van der Waals surface area contributed by atoms with Crippen LogP contribution in [0.15, 0.2) is 52.3 Å². The van der Waals surface area contributed by atoms with Crippen molar-refractivity contribution < 1.29 is 23.1 Å². The van der Waals surface area contributed by atoms with Crippen molar-refractivity contribution in [3.8, 4) is 5.75 Å². The van der Waals surface area contributed by atoms with Gasteiger partial charge in [-0.2, -0.15) is 0 Å². The third-order valence-corrected chi connectivity index (χ3v) is 5.93.